The van der Waals surface area contributed by atoms with E-state index < -0.39 is 5.97 Å². The number of hydrogen-bond acceptors (Lipinski definition) is 3. The lowest BCUT2D eigenvalue weighted by Gasteiger charge is -2.18. The van der Waals surface area contributed by atoms with Crippen molar-refractivity contribution in [2.45, 2.75) is 12.8 Å². The lowest BCUT2D eigenvalue weighted by Crippen LogP contribution is -2.12. The molecule has 1 aromatic carbocycles. The predicted octanol–water partition coefficient (Wildman–Crippen LogP) is 4.05. The van der Waals surface area contributed by atoms with Crippen LogP contribution in [0.5, 0.6) is 0 Å². The topological polar surface area (TPSA) is 63.3 Å². The first-order chi connectivity index (χ1) is 10.1. The molecule has 5 heteroatoms. The molecule has 0 aliphatic heterocycles. The molecule has 0 saturated heterocycles. The summed E-state index contributed by atoms with van der Waals surface area (Å²) in [5, 5.41) is 10.3. The number of pyridine rings is 1. The van der Waals surface area contributed by atoms with Crippen LogP contribution in [0.1, 0.15) is 21.7 Å². The minimum Gasteiger partial charge on any atom is -0.478 e. The van der Waals surface area contributed by atoms with Crippen LogP contribution in [0.25, 0.3) is 22.2 Å². The van der Waals surface area contributed by atoms with Crippen LogP contribution in [0, 0.1) is 0 Å². The number of furan rings is 1. The third-order valence-corrected chi connectivity index (χ3v) is 4.36. The van der Waals surface area contributed by atoms with Crippen LogP contribution in [-0.2, 0) is 12.8 Å². The molecule has 104 valence electrons. The van der Waals surface area contributed by atoms with Crippen molar-refractivity contribution < 1.29 is 14.3 Å². The van der Waals surface area contributed by atoms with Crippen molar-refractivity contribution in [2.75, 3.05) is 0 Å². The van der Waals surface area contributed by atoms with Crippen molar-refractivity contribution >= 4 is 32.8 Å². The third-order valence-electron chi connectivity index (χ3n) is 3.87. The second-order valence-corrected chi connectivity index (χ2v) is 5.95. The van der Waals surface area contributed by atoms with Crippen LogP contribution in [0.2, 0.25) is 0 Å². The number of aromatic carboxylic acids is 1. The summed E-state index contributed by atoms with van der Waals surface area (Å²) in [5.41, 5.74) is 3.46. The van der Waals surface area contributed by atoms with Gasteiger partial charge in [0, 0.05) is 21.8 Å². The average molecular weight is 344 g/mol. The molecule has 1 aliphatic rings. The molecule has 0 unspecified atom stereocenters. The molecule has 0 saturated carbocycles. The lowest BCUT2D eigenvalue weighted by atomic mass is 9.89. The van der Waals surface area contributed by atoms with E-state index in [1.165, 1.54) is 0 Å². The summed E-state index contributed by atoms with van der Waals surface area (Å²) < 4.78 is 6.33. The van der Waals surface area contributed by atoms with Gasteiger partial charge in [-0.3, -0.25) is 0 Å². The van der Waals surface area contributed by atoms with Gasteiger partial charge in [0.05, 0.1) is 23.0 Å². The quantitative estimate of drug-likeness (QED) is 0.723. The Morgan fingerprint density at radius 1 is 1.29 bits per heavy atom. The molecule has 4 rings (SSSR count). The van der Waals surface area contributed by atoms with Crippen LogP contribution >= 0.6 is 15.9 Å². The molecule has 0 radical (unpaired) electrons. The zero-order valence-corrected chi connectivity index (χ0v) is 12.5. The standard InChI is InChI=1S/C16H10BrNO3/c17-8-1-2-9-12(7-8)18-15-10-5-6-21-13(10)4-3-11(15)14(9)16(19)20/h1-2,5-7H,3-4H2,(H,19,20). The van der Waals surface area contributed by atoms with Gasteiger partial charge in [0.1, 0.15) is 5.76 Å². The summed E-state index contributed by atoms with van der Waals surface area (Å²) in [6.07, 6.45) is 2.98. The van der Waals surface area contributed by atoms with E-state index in [0.29, 0.717) is 29.3 Å². The normalized spacial score (nSPS) is 13.0. The zero-order valence-electron chi connectivity index (χ0n) is 10.9. The van der Waals surface area contributed by atoms with E-state index in [0.717, 1.165) is 27.1 Å². The van der Waals surface area contributed by atoms with Crippen molar-refractivity contribution in [1.82, 2.24) is 4.98 Å². The van der Waals surface area contributed by atoms with Crippen LogP contribution in [0.15, 0.2) is 39.4 Å². The maximum Gasteiger partial charge on any atom is 0.336 e. The molecule has 0 spiro atoms. The van der Waals surface area contributed by atoms with Crippen molar-refractivity contribution in [2.24, 2.45) is 0 Å². The molecule has 0 amide bonds. The van der Waals surface area contributed by atoms with Gasteiger partial charge in [-0.1, -0.05) is 22.0 Å². The van der Waals surface area contributed by atoms with E-state index in [1.54, 1.807) is 12.3 Å². The molecule has 4 nitrogen and oxygen atoms in total. The van der Waals surface area contributed by atoms with Gasteiger partial charge in [0.15, 0.2) is 0 Å². The van der Waals surface area contributed by atoms with Gasteiger partial charge < -0.3 is 9.52 Å². The van der Waals surface area contributed by atoms with Gasteiger partial charge >= 0.3 is 5.97 Å². The summed E-state index contributed by atoms with van der Waals surface area (Å²) in [4.78, 5) is 16.4. The first-order valence-corrected chi connectivity index (χ1v) is 7.36. The number of carboxylic acid groups (broad SMARTS) is 1. The Labute approximate surface area is 128 Å². The number of carbonyl (C=O) groups is 1. The maximum absolute atomic E-state index is 11.8. The number of benzene rings is 1. The van der Waals surface area contributed by atoms with E-state index >= 15 is 0 Å². The van der Waals surface area contributed by atoms with E-state index in [9.17, 15) is 9.90 Å². The minimum absolute atomic E-state index is 0.356. The van der Waals surface area contributed by atoms with Crippen molar-refractivity contribution in [3.63, 3.8) is 0 Å². The molecule has 0 fully saturated rings. The third kappa shape index (κ3) is 1.81. The van der Waals surface area contributed by atoms with Gasteiger partial charge in [-0.25, -0.2) is 9.78 Å². The van der Waals surface area contributed by atoms with Crippen LogP contribution < -0.4 is 0 Å². The van der Waals surface area contributed by atoms with Gasteiger partial charge in [0.2, 0.25) is 0 Å². The fraction of sp³-hybridized carbons (Fsp3) is 0.125. The zero-order chi connectivity index (χ0) is 14.6. The van der Waals surface area contributed by atoms with Crippen molar-refractivity contribution in [1.29, 1.82) is 0 Å². The number of nitrogens with zero attached hydrogens (tertiary/aromatic N) is 1. The van der Waals surface area contributed by atoms with Crippen molar-refractivity contribution in [3.8, 4) is 11.3 Å². The summed E-state index contributed by atoms with van der Waals surface area (Å²) in [6.45, 7) is 0. The molecule has 0 atom stereocenters. The number of halogens is 1. The molecule has 1 N–H and O–H groups in total. The first-order valence-electron chi connectivity index (χ1n) is 6.57. The number of rotatable bonds is 1. The molecule has 21 heavy (non-hydrogen) atoms. The van der Waals surface area contributed by atoms with Crippen LogP contribution in [0.4, 0.5) is 0 Å². The Kier molecular flexibility index (Phi) is 2.65. The molecule has 3 aromatic rings. The molecular weight excluding hydrogens is 334 g/mol. The number of aromatic nitrogens is 1. The molecule has 2 heterocycles. The number of aryl methyl sites for hydroxylation is 1. The summed E-state index contributed by atoms with van der Waals surface area (Å²) in [7, 11) is 0. The molecule has 2 aromatic heterocycles. The summed E-state index contributed by atoms with van der Waals surface area (Å²) in [6, 6.07) is 7.35. The summed E-state index contributed by atoms with van der Waals surface area (Å²) in [5.74, 6) is -0.0337. The summed E-state index contributed by atoms with van der Waals surface area (Å²) >= 11 is 3.41. The van der Waals surface area contributed by atoms with Crippen LogP contribution in [-0.4, -0.2) is 16.1 Å². The number of carboxylic acids is 1. The Bertz CT molecular complexity index is 898. The second-order valence-electron chi connectivity index (χ2n) is 5.04. The SMILES string of the molecule is O=C(O)c1c2c(nc3cc(Br)ccc13)-c1ccoc1CC2. The van der Waals surface area contributed by atoms with Gasteiger partial charge in [-0.15, -0.1) is 0 Å². The fourth-order valence-electron chi connectivity index (χ4n) is 2.97. The lowest BCUT2D eigenvalue weighted by molar-refractivity contribution is 0.0697. The fourth-order valence-corrected chi connectivity index (χ4v) is 3.32. The smallest absolute Gasteiger partial charge is 0.336 e. The first kappa shape index (κ1) is 12.6. The average Bonchev–Trinajstić information content (AvgIpc) is 2.93. The molecule has 1 aliphatic carbocycles. The van der Waals surface area contributed by atoms with Crippen LogP contribution in [0.3, 0.4) is 0 Å². The second kappa shape index (κ2) is 4.43. The highest BCUT2D eigenvalue weighted by molar-refractivity contribution is 9.10. The number of fused-ring (bicyclic) bond motifs is 4. The highest BCUT2D eigenvalue weighted by Crippen LogP contribution is 2.37. The molecule has 0 bridgehead atoms. The van der Waals surface area contributed by atoms with Gasteiger partial charge in [-0.2, -0.15) is 0 Å². The Hall–Kier alpha value is -2.14. The van der Waals surface area contributed by atoms with Gasteiger partial charge in [-0.05, 0) is 30.2 Å². The van der Waals surface area contributed by atoms with E-state index in [2.05, 4.69) is 20.9 Å². The maximum atomic E-state index is 11.8. The largest absolute Gasteiger partial charge is 0.478 e. The van der Waals surface area contributed by atoms with Gasteiger partial charge in [0.25, 0.3) is 0 Å². The monoisotopic (exact) mass is 343 g/mol. The van der Waals surface area contributed by atoms with E-state index in [1.807, 2.05) is 18.2 Å². The van der Waals surface area contributed by atoms with E-state index in [-0.39, 0.29) is 0 Å². The highest BCUT2D eigenvalue weighted by atomic mass is 79.9. The van der Waals surface area contributed by atoms with E-state index in [4.69, 9.17) is 4.42 Å². The Morgan fingerprint density at radius 2 is 2.14 bits per heavy atom. The van der Waals surface area contributed by atoms with Crippen molar-refractivity contribution in [3.05, 3.63) is 51.9 Å². The predicted molar refractivity (Wildman–Crippen MR) is 81.5 cm³/mol. The highest BCUT2D eigenvalue weighted by Gasteiger charge is 2.27. The number of hydrogen-bond donors (Lipinski definition) is 1. The molecular formula is C16H10BrNO3. The Balaban J connectivity index is 2.16. The minimum atomic E-state index is -0.909. The Morgan fingerprint density at radius 3 is 2.95 bits per heavy atom.